The van der Waals surface area contributed by atoms with Crippen LogP contribution in [0.25, 0.3) is 10.4 Å². The molecule has 4 N–H and O–H groups in total. The number of rotatable bonds is 5. The number of nitrogens with two attached hydrogens (primary N) is 2. The minimum Gasteiger partial charge on any atom is -0.375 e. The van der Waals surface area contributed by atoms with Crippen molar-refractivity contribution in [3.8, 4) is 10.4 Å². The van der Waals surface area contributed by atoms with Crippen molar-refractivity contribution in [3.05, 3.63) is 35.0 Å². The SMILES string of the molecule is NCCN(C(=O)c1nc(N)sc1-c1cccc(Cl)c1)C1CC1. The average Bonchev–Trinajstić information content (AvgIpc) is 3.26. The van der Waals surface area contributed by atoms with Crippen LogP contribution in [0.1, 0.15) is 23.3 Å². The third-order valence-electron chi connectivity index (χ3n) is 3.55. The van der Waals surface area contributed by atoms with Crippen LogP contribution in [0, 0.1) is 0 Å². The molecule has 3 rings (SSSR count). The molecular weight excluding hydrogens is 320 g/mol. The second kappa shape index (κ2) is 6.24. The van der Waals surface area contributed by atoms with E-state index in [0.717, 1.165) is 23.3 Å². The Balaban J connectivity index is 1.98. The number of carbonyl (C=O) groups is 1. The summed E-state index contributed by atoms with van der Waals surface area (Å²) in [5, 5.41) is 0.991. The zero-order chi connectivity index (χ0) is 15.7. The minimum atomic E-state index is -0.101. The fraction of sp³-hybridized carbons (Fsp3) is 0.333. The first-order valence-electron chi connectivity index (χ1n) is 7.13. The van der Waals surface area contributed by atoms with E-state index in [1.807, 2.05) is 23.1 Å². The van der Waals surface area contributed by atoms with Gasteiger partial charge in [-0.2, -0.15) is 0 Å². The van der Waals surface area contributed by atoms with E-state index < -0.39 is 0 Å². The molecule has 0 saturated heterocycles. The summed E-state index contributed by atoms with van der Waals surface area (Å²) in [5.74, 6) is -0.101. The van der Waals surface area contributed by atoms with Gasteiger partial charge in [0.25, 0.3) is 5.91 Å². The van der Waals surface area contributed by atoms with E-state index in [9.17, 15) is 4.79 Å². The Morgan fingerprint density at radius 3 is 2.86 bits per heavy atom. The molecule has 1 amide bonds. The molecule has 0 bridgehead atoms. The molecule has 22 heavy (non-hydrogen) atoms. The van der Waals surface area contributed by atoms with Crippen LogP contribution >= 0.6 is 22.9 Å². The van der Waals surface area contributed by atoms with Crippen molar-refractivity contribution < 1.29 is 4.79 Å². The van der Waals surface area contributed by atoms with E-state index in [1.54, 1.807) is 6.07 Å². The molecule has 2 aromatic rings. The Hall–Kier alpha value is -1.63. The van der Waals surface area contributed by atoms with E-state index in [1.165, 1.54) is 11.3 Å². The van der Waals surface area contributed by atoms with Gasteiger partial charge in [0.2, 0.25) is 0 Å². The van der Waals surface area contributed by atoms with Crippen molar-refractivity contribution in [1.29, 1.82) is 0 Å². The van der Waals surface area contributed by atoms with E-state index in [-0.39, 0.29) is 11.9 Å². The van der Waals surface area contributed by atoms with E-state index in [2.05, 4.69) is 4.98 Å². The Kier molecular flexibility index (Phi) is 4.33. The lowest BCUT2D eigenvalue weighted by Crippen LogP contribution is -2.37. The first-order valence-corrected chi connectivity index (χ1v) is 8.33. The molecule has 1 heterocycles. The number of anilines is 1. The summed E-state index contributed by atoms with van der Waals surface area (Å²) >= 11 is 7.35. The summed E-state index contributed by atoms with van der Waals surface area (Å²) < 4.78 is 0. The number of amides is 1. The van der Waals surface area contributed by atoms with Crippen molar-refractivity contribution in [2.75, 3.05) is 18.8 Å². The van der Waals surface area contributed by atoms with Crippen molar-refractivity contribution in [2.24, 2.45) is 5.73 Å². The van der Waals surface area contributed by atoms with Gasteiger partial charge in [-0.15, -0.1) is 0 Å². The normalized spacial score (nSPS) is 14.1. The summed E-state index contributed by atoms with van der Waals surface area (Å²) in [7, 11) is 0. The van der Waals surface area contributed by atoms with Gasteiger partial charge in [-0.1, -0.05) is 35.1 Å². The predicted octanol–water partition coefficient (Wildman–Crippen LogP) is 2.61. The quantitative estimate of drug-likeness (QED) is 0.878. The lowest BCUT2D eigenvalue weighted by Gasteiger charge is -2.21. The fourth-order valence-corrected chi connectivity index (χ4v) is 3.43. The highest BCUT2D eigenvalue weighted by Gasteiger charge is 2.34. The maximum Gasteiger partial charge on any atom is 0.274 e. The molecule has 0 atom stereocenters. The van der Waals surface area contributed by atoms with Gasteiger partial charge in [-0.25, -0.2) is 4.98 Å². The van der Waals surface area contributed by atoms with Crippen LogP contribution in [-0.2, 0) is 0 Å². The second-order valence-electron chi connectivity index (χ2n) is 5.26. The van der Waals surface area contributed by atoms with Gasteiger partial charge in [0, 0.05) is 24.2 Å². The maximum atomic E-state index is 12.8. The Morgan fingerprint density at radius 1 is 1.45 bits per heavy atom. The Morgan fingerprint density at radius 2 is 2.23 bits per heavy atom. The number of aromatic nitrogens is 1. The summed E-state index contributed by atoms with van der Waals surface area (Å²) in [5.41, 5.74) is 12.7. The standard InChI is InChI=1S/C15H17ClN4OS/c16-10-3-1-2-9(8-10)13-12(19-15(18)22-13)14(21)20(7-6-17)11-4-5-11/h1-3,8,11H,4-7,17H2,(H2,18,19). The smallest absolute Gasteiger partial charge is 0.274 e. The largest absolute Gasteiger partial charge is 0.375 e. The molecular formula is C15H17ClN4OS. The number of hydrogen-bond donors (Lipinski definition) is 2. The zero-order valence-corrected chi connectivity index (χ0v) is 13.5. The van der Waals surface area contributed by atoms with Gasteiger partial charge in [0.1, 0.15) is 5.69 Å². The summed E-state index contributed by atoms with van der Waals surface area (Å²) in [4.78, 5) is 19.7. The Bertz CT molecular complexity index is 699. The van der Waals surface area contributed by atoms with Crippen LogP contribution in [0.3, 0.4) is 0 Å². The average molecular weight is 337 g/mol. The lowest BCUT2D eigenvalue weighted by molar-refractivity contribution is 0.0744. The Labute approximate surface area is 137 Å². The summed E-state index contributed by atoms with van der Waals surface area (Å²) in [6, 6.07) is 7.64. The van der Waals surface area contributed by atoms with Gasteiger partial charge in [0.05, 0.1) is 4.88 Å². The molecule has 1 aliphatic rings. The van der Waals surface area contributed by atoms with Gasteiger partial charge in [-0.3, -0.25) is 4.79 Å². The fourth-order valence-electron chi connectivity index (χ4n) is 2.42. The van der Waals surface area contributed by atoms with Crippen LogP contribution in [0.15, 0.2) is 24.3 Å². The monoisotopic (exact) mass is 336 g/mol. The molecule has 0 aliphatic heterocycles. The summed E-state index contributed by atoms with van der Waals surface area (Å²) in [6.45, 7) is 0.976. The molecule has 5 nitrogen and oxygen atoms in total. The third kappa shape index (κ3) is 3.09. The number of carbonyl (C=O) groups excluding carboxylic acids is 1. The molecule has 1 aromatic heterocycles. The van der Waals surface area contributed by atoms with Gasteiger partial charge in [0.15, 0.2) is 5.13 Å². The van der Waals surface area contributed by atoms with Gasteiger partial charge >= 0.3 is 0 Å². The summed E-state index contributed by atoms with van der Waals surface area (Å²) in [6.07, 6.45) is 2.05. The number of halogens is 1. The van der Waals surface area contributed by atoms with Crippen molar-refractivity contribution in [1.82, 2.24) is 9.88 Å². The lowest BCUT2D eigenvalue weighted by atomic mass is 10.1. The van der Waals surface area contributed by atoms with Crippen molar-refractivity contribution in [2.45, 2.75) is 18.9 Å². The molecule has 0 unspecified atom stereocenters. The highest BCUT2D eigenvalue weighted by atomic mass is 35.5. The highest BCUT2D eigenvalue weighted by molar-refractivity contribution is 7.19. The molecule has 1 aliphatic carbocycles. The first-order chi connectivity index (χ1) is 10.6. The van der Waals surface area contributed by atoms with Crippen LogP contribution in [0.4, 0.5) is 5.13 Å². The van der Waals surface area contributed by atoms with E-state index in [0.29, 0.717) is 28.9 Å². The highest BCUT2D eigenvalue weighted by Crippen LogP contribution is 2.35. The molecule has 0 spiro atoms. The molecule has 116 valence electrons. The van der Waals surface area contributed by atoms with Crippen LogP contribution in [-0.4, -0.2) is 34.9 Å². The molecule has 1 aromatic carbocycles. The first kappa shape index (κ1) is 15.3. The number of thiazole rings is 1. The van der Waals surface area contributed by atoms with Crippen LogP contribution in [0.5, 0.6) is 0 Å². The van der Waals surface area contributed by atoms with Crippen LogP contribution in [0.2, 0.25) is 5.02 Å². The zero-order valence-electron chi connectivity index (χ0n) is 12.0. The number of nitrogen functional groups attached to an aromatic ring is 1. The van der Waals surface area contributed by atoms with E-state index in [4.69, 9.17) is 23.1 Å². The molecule has 1 saturated carbocycles. The minimum absolute atomic E-state index is 0.101. The number of nitrogens with zero attached hydrogens (tertiary/aromatic N) is 2. The predicted molar refractivity (Wildman–Crippen MR) is 90.1 cm³/mol. The van der Waals surface area contributed by atoms with Crippen molar-refractivity contribution in [3.63, 3.8) is 0 Å². The van der Waals surface area contributed by atoms with Gasteiger partial charge < -0.3 is 16.4 Å². The molecule has 0 radical (unpaired) electrons. The molecule has 7 heteroatoms. The van der Waals surface area contributed by atoms with Crippen LogP contribution < -0.4 is 11.5 Å². The number of benzene rings is 1. The second-order valence-corrected chi connectivity index (χ2v) is 6.73. The third-order valence-corrected chi connectivity index (χ3v) is 4.72. The van der Waals surface area contributed by atoms with Gasteiger partial charge in [-0.05, 0) is 30.5 Å². The number of hydrogen-bond acceptors (Lipinski definition) is 5. The maximum absolute atomic E-state index is 12.8. The van der Waals surface area contributed by atoms with Crippen molar-refractivity contribution >= 4 is 34.0 Å². The molecule has 1 fully saturated rings. The topological polar surface area (TPSA) is 85.2 Å². The van der Waals surface area contributed by atoms with E-state index >= 15 is 0 Å².